The van der Waals surface area contributed by atoms with E-state index < -0.39 is 11.8 Å². The topological polar surface area (TPSA) is 50.2 Å². The Morgan fingerprint density at radius 1 is 1.50 bits per heavy atom. The Bertz CT molecular complexity index is 556. The predicted molar refractivity (Wildman–Crippen MR) is 59.5 cm³/mol. The smallest absolute Gasteiger partial charge is 0.347 e. The predicted octanol–water partition coefficient (Wildman–Crippen LogP) is 3.30. The highest BCUT2D eigenvalue weighted by Crippen LogP contribution is 2.29. The lowest BCUT2D eigenvalue weighted by atomic mass is 10.2. The van der Waals surface area contributed by atoms with E-state index in [1.807, 2.05) is 0 Å². The molecule has 2 rings (SSSR count). The number of thiazole rings is 1. The first-order chi connectivity index (χ1) is 7.58. The molecule has 1 N–H and O–H groups in total. The van der Waals surface area contributed by atoms with E-state index >= 15 is 0 Å². The SMILES string of the molecule is O=C(O)c1cnc(-c2cc(Cl)ccc2F)s1. The summed E-state index contributed by atoms with van der Waals surface area (Å²) < 4.78 is 13.4. The molecule has 82 valence electrons. The molecule has 0 aliphatic carbocycles. The lowest BCUT2D eigenvalue weighted by Gasteiger charge is -1.98. The molecule has 0 bridgehead atoms. The van der Waals surface area contributed by atoms with E-state index in [0.717, 1.165) is 11.3 Å². The van der Waals surface area contributed by atoms with Gasteiger partial charge in [-0.2, -0.15) is 0 Å². The summed E-state index contributed by atoms with van der Waals surface area (Å²) in [6.45, 7) is 0. The molecule has 3 nitrogen and oxygen atoms in total. The molecule has 1 heterocycles. The van der Waals surface area contributed by atoms with Crippen molar-refractivity contribution < 1.29 is 14.3 Å². The number of carbonyl (C=O) groups is 1. The number of aromatic carboxylic acids is 1. The molecule has 2 aromatic rings. The summed E-state index contributed by atoms with van der Waals surface area (Å²) >= 11 is 6.64. The van der Waals surface area contributed by atoms with Crippen LogP contribution in [0.3, 0.4) is 0 Å². The van der Waals surface area contributed by atoms with Crippen LogP contribution >= 0.6 is 22.9 Å². The summed E-state index contributed by atoms with van der Waals surface area (Å²) in [5.41, 5.74) is 0.213. The molecular formula is C10H5ClFNO2S. The molecule has 0 aliphatic rings. The molecule has 0 saturated heterocycles. The van der Waals surface area contributed by atoms with Crippen LogP contribution in [-0.4, -0.2) is 16.1 Å². The average Bonchev–Trinajstić information content (AvgIpc) is 2.70. The highest BCUT2D eigenvalue weighted by Gasteiger charge is 2.13. The molecule has 0 amide bonds. The molecule has 0 aliphatic heterocycles. The number of aromatic nitrogens is 1. The van der Waals surface area contributed by atoms with Gasteiger partial charge in [-0.25, -0.2) is 14.2 Å². The number of carboxylic acids is 1. The molecule has 16 heavy (non-hydrogen) atoms. The van der Waals surface area contributed by atoms with Crippen molar-refractivity contribution in [3.05, 3.63) is 40.1 Å². The van der Waals surface area contributed by atoms with Gasteiger partial charge >= 0.3 is 5.97 Å². The van der Waals surface area contributed by atoms with Crippen LogP contribution in [-0.2, 0) is 0 Å². The van der Waals surface area contributed by atoms with Crippen LogP contribution in [0.25, 0.3) is 10.6 Å². The van der Waals surface area contributed by atoms with Crippen molar-refractivity contribution in [2.24, 2.45) is 0 Å². The van der Waals surface area contributed by atoms with E-state index in [0.29, 0.717) is 10.0 Å². The van der Waals surface area contributed by atoms with E-state index in [9.17, 15) is 9.18 Å². The second-order valence-corrected chi connectivity index (χ2v) is 4.43. The quantitative estimate of drug-likeness (QED) is 0.898. The highest BCUT2D eigenvalue weighted by molar-refractivity contribution is 7.16. The molecule has 1 aromatic carbocycles. The van der Waals surface area contributed by atoms with Gasteiger partial charge in [0.05, 0.1) is 6.20 Å². The van der Waals surface area contributed by atoms with Gasteiger partial charge in [-0.05, 0) is 18.2 Å². The fraction of sp³-hybridized carbons (Fsp3) is 0. The number of nitrogens with zero attached hydrogens (tertiary/aromatic N) is 1. The first-order valence-corrected chi connectivity index (χ1v) is 5.42. The molecular weight excluding hydrogens is 253 g/mol. The second-order valence-electron chi connectivity index (χ2n) is 2.96. The first kappa shape index (κ1) is 11.0. The molecule has 0 saturated carbocycles. The normalized spacial score (nSPS) is 10.4. The number of hydrogen-bond donors (Lipinski definition) is 1. The van der Waals surface area contributed by atoms with E-state index in [1.165, 1.54) is 24.4 Å². The third-order valence-corrected chi connectivity index (χ3v) is 3.13. The van der Waals surface area contributed by atoms with Crippen LogP contribution in [0, 0.1) is 5.82 Å². The van der Waals surface area contributed by atoms with Crippen LogP contribution in [0.4, 0.5) is 4.39 Å². The van der Waals surface area contributed by atoms with Gasteiger partial charge in [-0.1, -0.05) is 11.6 Å². The summed E-state index contributed by atoms with van der Waals surface area (Å²) in [5, 5.41) is 9.40. The minimum Gasteiger partial charge on any atom is -0.477 e. The summed E-state index contributed by atoms with van der Waals surface area (Å²) in [6.07, 6.45) is 1.20. The van der Waals surface area contributed by atoms with Crippen molar-refractivity contribution in [3.8, 4) is 10.6 Å². The number of halogens is 2. The average molecular weight is 258 g/mol. The number of benzene rings is 1. The molecule has 0 unspecified atom stereocenters. The van der Waals surface area contributed by atoms with Crippen molar-refractivity contribution in [3.63, 3.8) is 0 Å². The molecule has 0 spiro atoms. The lowest BCUT2D eigenvalue weighted by Crippen LogP contribution is -1.89. The van der Waals surface area contributed by atoms with E-state index in [-0.39, 0.29) is 10.4 Å². The van der Waals surface area contributed by atoms with Crippen molar-refractivity contribution in [1.29, 1.82) is 0 Å². The maximum atomic E-state index is 13.4. The summed E-state index contributed by atoms with van der Waals surface area (Å²) in [6, 6.07) is 4.06. The van der Waals surface area contributed by atoms with Gasteiger partial charge in [-0.3, -0.25) is 0 Å². The van der Waals surface area contributed by atoms with Crippen LogP contribution in [0.15, 0.2) is 24.4 Å². The third-order valence-electron chi connectivity index (χ3n) is 1.88. The fourth-order valence-electron chi connectivity index (χ4n) is 1.16. The molecule has 1 aromatic heterocycles. The zero-order chi connectivity index (χ0) is 11.7. The van der Waals surface area contributed by atoms with Crippen LogP contribution in [0.1, 0.15) is 9.67 Å². The molecule has 0 fully saturated rings. The Hall–Kier alpha value is -1.46. The molecule has 6 heteroatoms. The van der Waals surface area contributed by atoms with E-state index in [2.05, 4.69) is 4.98 Å². The Kier molecular flexibility index (Phi) is 2.89. The van der Waals surface area contributed by atoms with Crippen molar-refractivity contribution in [2.45, 2.75) is 0 Å². The zero-order valence-electron chi connectivity index (χ0n) is 7.78. The van der Waals surface area contributed by atoms with Gasteiger partial charge in [0.15, 0.2) is 0 Å². The second kappa shape index (κ2) is 4.19. The minimum atomic E-state index is -1.08. The summed E-state index contributed by atoms with van der Waals surface area (Å²) in [5.74, 6) is -1.55. The highest BCUT2D eigenvalue weighted by atomic mass is 35.5. The van der Waals surface area contributed by atoms with Crippen molar-refractivity contribution in [2.75, 3.05) is 0 Å². The van der Waals surface area contributed by atoms with Crippen LogP contribution in [0.5, 0.6) is 0 Å². The van der Waals surface area contributed by atoms with Gasteiger partial charge in [0.2, 0.25) is 0 Å². The number of rotatable bonds is 2. The van der Waals surface area contributed by atoms with Crippen molar-refractivity contribution in [1.82, 2.24) is 4.98 Å². The summed E-state index contributed by atoms with van der Waals surface area (Å²) in [4.78, 5) is 14.6. The fourth-order valence-corrected chi connectivity index (χ4v) is 2.10. The standard InChI is InChI=1S/C10H5ClFNO2S/c11-5-1-2-7(12)6(3-5)9-13-4-8(16-9)10(14)15/h1-4H,(H,14,15). The Balaban J connectivity index is 2.50. The lowest BCUT2D eigenvalue weighted by molar-refractivity contribution is 0.0702. The van der Waals surface area contributed by atoms with E-state index in [1.54, 1.807) is 0 Å². The monoisotopic (exact) mass is 257 g/mol. The van der Waals surface area contributed by atoms with Gasteiger partial charge in [0.1, 0.15) is 15.7 Å². The largest absolute Gasteiger partial charge is 0.477 e. The van der Waals surface area contributed by atoms with Crippen LogP contribution in [0.2, 0.25) is 5.02 Å². The Morgan fingerprint density at radius 2 is 2.25 bits per heavy atom. The Labute approximate surface area is 99.1 Å². The van der Waals surface area contributed by atoms with Gasteiger partial charge in [0.25, 0.3) is 0 Å². The number of hydrogen-bond acceptors (Lipinski definition) is 3. The molecule has 0 radical (unpaired) electrons. The third kappa shape index (κ3) is 2.05. The molecule has 0 atom stereocenters. The van der Waals surface area contributed by atoms with Crippen molar-refractivity contribution >= 4 is 28.9 Å². The minimum absolute atomic E-state index is 0.0642. The zero-order valence-corrected chi connectivity index (χ0v) is 9.35. The Morgan fingerprint density at radius 3 is 2.88 bits per heavy atom. The number of carboxylic acid groups (broad SMARTS) is 1. The summed E-state index contributed by atoms with van der Waals surface area (Å²) in [7, 11) is 0. The van der Waals surface area contributed by atoms with Crippen LogP contribution < -0.4 is 0 Å². The van der Waals surface area contributed by atoms with Gasteiger partial charge < -0.3 is 5.11 Å². The van der Waals surface area contributed by atoms with E-state index in [4.69, 9.17) is 16.7 Å². The van der Waals surface area contributed by atoms with Gasteiger partial charge in [-0.15, -0.1) is 11.3 Å². The van der Waals surface area contributed by atoms with Gasteiger partial charge in [0, 0.05) is 10.6 Å². The maximum absolute atomic E-state index is 13.4. The first-order valence-electron chi connectivity index (χ1n) is 4.22. The maximum Gasteiger partial charge on any atom is 0.347 e.